The lowest BCUT2D eigenvalue weighted by Gasteiger charge is -2.44. The molecule has 0 aromatic carbocycles. The van der Waals surface area contributed by atoms with Crippen LogP contribution in [-0.4, -0.2) is 41.5 Å². The summed E-state index contributed by atoms with van der Waals surface area (Å²) in [6.07, 6.45) is 0. The maximum atomic E-state index is 12.2. The molecule has 0 aliphatic heterocycles. The standard InChI is InChI=1S/C13H33NO2Si3/c1-12(13(15)16-19(8,9)10)11-14(17(2,3)4)18(5,6)7/h12H,11H2,1-10H3. The average molecular weight is 320 g/mol. The van der Waals surface area contributed by atoms with Gasteiger partial charge >= 0.3 is 0 Å². The van der Waals surface area contributed by atoms with Gasteiger partial charge in [0.05, 0.1) is 5.92 Å². The first kappa shape index (κ1) is 19.1. The maximum Gasteiger partial charge on any atom is 0.296 e. The van der Waals surface area contributed by atoms with Gasteiger partial charge in [0.25, 0.3) is 5.97 Å². The molecule has 0 spiro atoms. The Labute approximate surface area is 123 Å². The van der Waals surface area contributed by atoms with E-state index in [9.17, 15) is 4.79 Å². The zero-order valence-corrected chi connectivity index (χ0v) is 17.5. The van der Waals surface area contributed by atoms with Crippen molar-refractivity contribution in [2.24, 2.45) is 5.92 Å². The summed E-state index contributed by atoms with van der Waals surface area (Å²) in [5.74, 6) is -0.0363. The van der Waals surface area contributed by atoms with E-state index in [1.807, 2.05) is 6.92 Å². The molecule has 0 saturated carbocycles. The van der Waals surface area contributed by atoms with E-state index in [1.54, 1.807) is 0 Å². The molecule has 0 aromatic rings. The molecule has 0 heterocycles. The third-order valence-electron chi connectivity index (χ3n) is 2.89. The predicted molar refractivity (Wildman–Crippen MR) is 92.0 cm³/mol. The third-order valence-corrected chi connectivity index (χ3v) is 11.3. The van der Waals surface area contributed by atoms with Crippen molar-refractivity contribution in [3.63, 3.8) is 0 Å². The molecule has 1 atom stereocenters. The fraction of sp³-hybridized carbons (Fsp3) is 0.923. The molecular formula is C13H33NO2Si3. The van der Waals surface area contributed by atoms with Crippen molar-refractivity contribution >= 4 is 30.8 Å². The fourth-order valence-electron chi connectivity index (χ4n) is 2.30. The minimum absolute atomic E-state index is 0.0133. The number of hydrogen-bond acceptors (Lipinski definition) is 3. The second kappa shape index (κ2) is 6.24. The molecule has 0 rings (SSSR count). The van der Waals surface area contributed by atoms with Gasteiger partial charge in [0.2, 0.25) is 8.32 Å². The van der Waals surface area contributed by atoms with E-state index in [1.165, 1.54) is 0 Å². The van der Waals surface area contributed by atoms with E-state index < -0.39 is 24.8 Å². The van der Waals surface area contributed by atoms with E-state index in [0.717, 1.165) is 6.54 Å². The van der Waals surface area contributed by atoms with Crippen LogP contribution >= 0.6 is 0 Å². The van der Waals surface area contributed by atoms with Gasteiger partial charge in [0.15, 0.2) is 0 Å². The summed E-state index contributed by atoms with van der Waals surface area (Å²) in [6, 6.07) is 0. The highest BCUT2D eigenvalue weighted by Gasteiger charge is 2.36. The van der Waals surface area contributed by atoms with Gasteiger partial charge in [-0.05, 0) is 26.2 Å². The van der Waals surface area contributed by atoms with Crippen LogP contribution in [-0.2, 0) is 9.22 Å². The third kappa shape index (κ3) is 7.43. The first-order valence-electron chi connectivity index (χ1n) is 7.15. The first-order chi connectivity index (χ1) is 8.14. The van der Waals surface area contributed by atoms with Gasteiger partial charge in [0, 0.05) is 0 Å². The molecule has 0 radical (unpaired) electrons. The van der Waals surface area contributed by atoms with Gasteiger partial charge in [0.1, 0.15) is 16.5 Å². The van der Waals surface area contributed by atoms with Gasteiger partial charge in [-0.3, -0.25) is 4.79 Å². The van der Waals surface area contributed by atoms with Crippen LogP contribution < -0.4 is 0 Å². The lowest BCUT2D eigenvalue weighted by Crippen LogP contribution is -2.60. The molecule has 0 aromatic heterocycles. The van der Waals surface area contributed by atoms with Crippen molar-refractivity contribution in [3.8, 4) is 0 Å². The second-order valence-corrected chi connectivity index (χ2v) is 23.0. The quantitative estimate of drug-likeness (QED) is 0.694. The Bertz CT molecular complexity index is 299. The van der Waals surface area contributed by atoms with E-state index in [4.69, 9.17) is 4.43 Å². The van der Waals surface area contributed by atoms with Crippen LogP contribution in [0.15, 0.2) is 0 Å². The van der Waals surface area contributed by atoms with E-state index in [0.29, 0.717) is 0 Å². The summed E-state index contributed by atoms with van der Waals surface area (Å²) < 4.78 is 8.28. The lowest BCUT2D eigenvalue weighted by atomic mass is 10.2. The first-order valence-corrected chi connectivity index (χ1v) is 17.5. The Morgan fingerprint density at radius 2 is 1.32 bits per heavy atom. The minimum Gasteiger partial charge on any atom is -0.520 e. The van der Waals surface area contributed by atoms with Gasteiger partial charge in [-0.25, -0.2) is 0 Å². The molecule has 0 N–H and O–H groups in total. The molecule has 0 amide bonds. The Morgan fingerprint density at radius 3 is 1.58 bits per heavy atom. The van der Waals surface area contributed by atoms with Crippen molar-refractivity contribution in [3.05, 3.63) is 0 Å². The highest BCUT2D eigenvalue weighted by Crippen LogP contribution is 2.22. The summed E-state index contributed by atoms with van der Waals surface area (Å²) in [6.45, 7) is 23.2. The van der Waals surface area contributed by atoms with Gasteiger partial charge < -0.3 is 8.66 Å². The summed E-state index contributed by atoms with van der Waals surface area (Å²) in [7, 11) is -4.55. The highest BCUT2D eigenvalue weighted by molar-refractivity contribution is 6.89. The molecule has 0 aliphatic carbocycles. The van der Waals surface area contributed by atoms with Crippen LogP contribution in [0.25, 0.3) is 0 Å². The lowest BCUT2D eigenvalue weighted by molar-refractivity contribution is -0.139. The molecule has 19 heavy (non-hydrogen) atoms. The fourth-order valence-corrected chi connectivity index (χ4v) is 12.8. The van der Waals surface area contributed by atoms with Crippen LogP contribution in [0, 0.1) is 5.92 Å². The normalized spacial score (nSPS) is 15.5. The Morgan fingerprint density at radius 1 is 0.947 bits per heavy atom. The maximum absolute atomic E-state index is 12.2. The Kier molecular flexibility index (Phi) is 6.26. The van der Waals surface area contributed by atoms with Gasteiger partial charge in [-0.1, -0.05) is 46.2 Å². The molecule has 0 bridgehead atoms. The van der Waals surface area contributed by atoms with Crippen LogP contribution in [0.2, 0.25) is 58.9 Å². The summed E-state index contributed by atoms with van der Waals surface area (Å²) in [5, 5.41) is 0. The SMILES string of the molecule is CC(CN([Si](C)(C)C)[Si](C)(C)C)C(=O)O[Si](C)(C)C. The average Bonchev–Trinajstić information content (AvgIpc) is 2.06. The van der Waals surface area contributed by atoms with Crippen molar-refractivity contribution in [1.82, 2.24) is 4.23 Å². The van der Waals surface area contributed by atoms with E-state index in [-0.39, 0.29) is 11.9 Å². The zero-order valence-electron chi connectivity index (χ0n) is 14.5. The van der Waals surface area contributed by atoms with Crippen molar-refractivity contribution < 1.29 is 9.22 Å². The van der Waals surface area contributed by atoms with Crippen molar-refractivity contribution in [2.75, 3.05) is 6.54 Å². The molecule has 0 saturated heterocycles. The smallest absolute Gasteiger partial charge is 0.296 e. The van der Waals surface area contributed by atoms with Gasteiger partial charge in [-0.15, -0.1) is 0 Å². The Hall–Kier alpha value is 0.0806. The summed E-state index contributed by atoms with van der Waals surface area (Å²) in [4.78, 5) is 12.2. The topological polar surface area (TPSA) is 29.5 Å². The van der Waals surface area contributed by atoms with Crippen LogP contribution in [0.4, 0.5) is 0 Å². The molecule has 0 aliphatic rings. The van der Waals surface area contributed by atoms with Crippen LogP contribution in [0.1, 0.15) is 6.92 Å². The molecular weight excluding hydrogens is 286 g/mol. The van der Waals surface area contributed by atoms with E-state index >= 15 is 0 Å². The van der Waals surface area contributed by atoms with Gasteiger partial charge in [-0.2, -0.15) is 0 Å². The largest absolute Gasteiger partial charge is 0.520 e. The Balaban J connectivity index is 4.84. The van der Waals surface area contributed by atoms with Crippen molar-refractivity contribution in [1.29, 1.82) is 0 Å². The number of hydrogen-bond donors (Lipinski definition) is 0. The minimum atomic E-state index is -1.77. The van der Waals surface area contributed by atoms with Crippen LogP contribution in [0.3, 0.4) is 0 Å². The van der Waals surface area contributed by atoms with E-state index in [2.05, 4.69) is 63.2 Å². The molecule has 114 valence electrons. The predicted octanol–water partition coefficient (Wildman–Crippen LogP) is 3.97. The second-order valence-electron chi connectivity index (χ2n) is 8.39. The molecule has 1 unspecified atom stereocenters. The molecule has 0 fully saturated rings. The number of carbonyl (C=O) groups is 1. The monoisotopic (exact) mass is 319 g/mol. The highest BCUT2D eigenvalue weighted by atomic mass is 28.4. The number of carbonyl (C=O) groups excluding carboxylic acids is 1. The molecule has 3 nitrogen and oxygen atoms in total. The summed E-state index contributed by atoms with van der Waals surface area (Å²) in [5.41, 5.74) is 0. The number of nitrogens with zero attached hydrogens (tertiary/aromatic N) is 1. The molecule has 6 heteroatoms. The van der Waals surface area contributed by atoms with Crippen LogP contribution in [0.5, 0.6) is 0 Å². The zero-order chi connectivity index (χ0) is 15.6. The van der Waals surface area contributed by atoms with Crippen molar-refractivity contribution in [2.45, 2.75) is 65.8 Å². The summed E-state index contributed by atoms with van der Waals surface area (Å²) >= 11 is 0. The number of rotatable bonds is 6.